The minimum absolute atomic E-state index is 0.100. The van der Waals surface area contributed by atoms with Crippen molar-refractivity contribution in [1.82, 2.24) is 0 Å². The van der Waals surface area contributed by atoms with Crippen molar-refractivity contribution in [2.24, 2.45) is 0 Å². The Morgan fingerprint density at radius 3 is 2.32 bits per heavy atom. The molecular weight excluding hydrogens is 451 g/mol. The molecule has 0 amide bonds. The predicted octanol–water partition coefficient (Wildman–Crippen LogP) is 6.92. The minimum Gasteiger partial charge on any atom is -0.463 e. The molecule has 0 radical (unpaired) electrons. The van der Waals surface area contributed by atoms with Crippen LogP contribution in [0.25, 0.3) is 31.3 Å². The highest BCUT2D eigenvalue weighted by Gasteiger charge is 2.17. The first-order valence-electron chi connectivity index (χ1n) is 10.8. The van der Waals surface area contributed by atoms with E-state index >= 15 is 4.39 Å². The van der Waals surface area contributed by atoms with Gasteiger partial charge in [-0.1, -0.05) is 49.6 Å². The van der Waals surface area contributed by atoms with E-state index < -0.39 is 17.8 Å². The number of thiophene rings is 1. The van der Waals surface area contributed by atoms with E-state index in [1.54, 1.807) is 6.07 Å². The van der Waals surface area contributed by atoms with E-state index in [4.69, 9.17) is 9.47 Å². The molecule has 0 atom stereocenters. The summed E-state index contributed by atoms with van der Waals surface area (Å²) in [6.45, 7) is 9.13. The lowest BCUT2D eigenvalue weighted by Gasteiger charge is -2.09. The molecule has 4 nitrogen and oxygen atoms in total. The summed E-state index contributed by atoms with van der Waals surface area (Å²) >= 11 is 1.35. The molecule has 0 bridgehead atoms. The molecule has 0 aliphatic rings. The summed E-state index contributed by atoms with van der Waals surface area (Å²) in [5.41, 5.74) is 4.36. The molecule has 1 heterocycles. The molecule has 0 N–H and O–H groups in total. The number of halogens is 1. The van der Waals surface area contributed by atoms with Crippen molar-refractivity contribution in [3.8, 4) is 16.9 Å². The van der Waals surface area contributed by atoms with Gasteiger partial charge in [-0.3, -0.25) is 0 Å². The zero-order valence-electron chi connectivity index (χ0n) is 18.7. The quantitative estimate of drug-likeness (QED) is 0.120. The molecule has 0 saturated carbocycles. The van der Waals surface area contributed by atoms with Crippen LogP contribution in [0.5, 0.6) is 5.75 Å². The van der Waals surface area contributed by atoms with E-state index in [1.807, 2.05) is 13.0 Å². The first kappa shape index (κ1) is 23.4. The summed E-state index contributed by atoms with van der Waals surface area (Å²) < 4.78 is 26.6. The Labute approximate surface area is 200 Å². The van der Waals surface area contributed by atoms with Crippen molar-refractivity contribution in [2.75, 3.05) is 6.61 Å². The lowest BCUT2D eigenvalue weighted by molar-refractivity contribution is -0.137. The molecule has 0 fully saturated rings. The van der Waals surface area contributed by atoms with Crippen molar-refractivity contribution in [1.29, 1.82) is 0 Å². The van der Waals surface area contributed by atoms with Gasteiger partial charge in [0.05, 0.1) is 11.3 Å². The van der Waals surface area contributed by atoms with E-state index in [0.717, 1.165) is 62.7 Å². The highest BCUT2D eigenvalue weighted by molar-refractivity contribution is 7.26. The largest absolute Gasteiger partial charge is 0.463 e. The first-order chi connectivity index (χ1) is 16.4. The second-order valence-corrected chi connectivity index (χ2v) is 8.79. The number of carbonyl (C=O) groups excluding carboxylic acids is 2. The third-order valence-corrected chi connectivity index (χ3v) is 6.96. The Kier molecular flexibility index (Phi) is 6.89. The molecule has 3 aromatic carbocycles. The summed E-state index contributed by atoms with van der Waals surface area (Å²) in [6, 6.07) is 15.6. The van der Waals surface area contributed by atoms with Crippen LogP contribution in [0.2, 0.25) is 0 Å². The number of benzene rings is 3. The van der Waals surface area contributed by atoms with Gasteiger partial charge in [0.15, 0.2) is 11.6 Å². The Balaban J connectivity index is 1.60. The van der Waals surface area contributed by atoms with Gasteiger partial charge in [-0.05, 0) is 54.2 Å². The molecule has 6 heteroatoms. The third kappa shape index (κ3) is 4.63. The summed E-state index contributed by atoms with van der Waals surface area (Å²) in [5.74, 6) is -1.75. The monoisotopic (exact) mass is 474 g/mol. The minimum atomic E-state index is -0.695. The third-order valence-electron chi connectivity index (χ3n) is 5.62. The molecule has 172 valence electrons. The van der Waals surface area contributed by atoms with Gasteiger partial charge in [0.25, 0.3) is 0 Å². The van der Waals surface area contributed by atoms with Crippen LogP contribution in [-0.2, 0) is 20.7 Å². The molecule has 0 saturated heterocycles. The number of rotatable bonds is 8. The summed E-state index contributed by atoms with van der Waals surface area (Å²) in [7, 11) is 0. The number of aryl methyl sites for hydroxylation is 2. The van der Waals surface area contributed by atoms with Crippen LogP contribution in [0, 0.1) is 12.7 Å². The first-order valence-corrected chi connectivity index (χ1v) is 11.6. The molecule has 0 aliphatic heterocycles. The Bertz CT molecular complexity index is 1420. The van der Waals surface area contributed by atoms with Gasteiger partial charge in [-0.2, -0.15) is 0 Å². The topological polar surface area (TPSA) is 52.6 Å². The second kappa shape index (κ2) is 10.0. The lowest BCUT2D eigenvalue weighted by atomic mass is 9.97. The molecular formula is C28H23FO4S. The second-order valence-electron chi connectivity index (χ2n) is 7.77. The van der Waals surface area contributed by atoms with Crippen molar-refractivity contribution in [3.63, 3.8) is 0 Å². The van der Waals surface area contributed by atoms with E-state index in [-0.39, 0.29) is 5.75 Å². The van der Waals surface area contributed by atoms with E-state index in [1.165, 1.54) is 17.4 Å². The fourth-order valence-electron chi connectivity index (χ4n) is 3.89. The molecule has 0 unspecified atom stereocenters. The maximum atomic E-state index is 15.1. The smallest absolute Gasteiger partial charge is 0.335 e. The standard InChI is InChI=1S/C28H23FO4S/c1-4-24(30)32-16-6-7-18-8-10-19(11-9-18)20-12-13-21-22-14-15-23(33-25(31)5-2)26(29)28(22)34-27(21)17(20)3/h4-5,8-15H,1-2,6-7,16H2,3H3. The molecule has 34 heavy (non-hydrogen) atoms. The highest BCUT2D eigenvalue weighted by atomic mass is 32.1. The normalized spacial score (nSPS) is 10.9. The van der Waals surface area contributed by atoms with E-state index in [0.29, 0.717) is 11.3 Å². The van der Waals surface area contributed by atoms with Gasteiger partial charge in [-0.15, -0.1) is 11.3 Å². The summed E-state index contributed by atoms with van der Waals surface area (Å²) in [6.07, 6.45) is 3.71. The number of ether oxygens (including phenoxy) is 2. The van der Waals surface area contributed by atoms with Crippen molar-refractivity contribution < 1.29 is 23.5 Å². The van der Waals surface area contributed by atoms with E-state index in [9.17, 15) is 9.59 Å². The van der Waals surface area contributed by atoms with Crippen molar-refractivity contribution >= 4 is 43.4 Å². The van der Waals surface area contributed by atoms with Gasteiger partial charge in [0.1, 0.15) is 0 Å². The number of hydrogen-bond donors (Lipinski definition) is 0. The van der Waals surface area contributed by atoms with Gasteiger partial charge in [-0.25, -0.2) is 14.0 Å². The zero-order valence-corrected chi connectivity index (χ0v) is 19.5. The Morgan fingerprint density at radius 1 is 0.941 bits per heavy atom. The van der Waals surface area contributed by atoms with Crippen molar-refractivity contribution in [3.05, 3.63) is 90.8 Å². The van der Waals surface area contributed by atoms with Gasteiger partial charge in [0.2, 0.25) is 0 Å². The SMILES string of the molecule is C=CC(=O)OCCCc1ccc(-c2ccc3c(sc4c(F)c(OC(=O)C=C)ccc43)c2C)cc1. The predicted molar refractivity (Wildman–Crippen MR) is 135 cm³/mol. The average Bonchev–Trinajstić information content (AvgIpc) is 3.24. The average molecular weight is 475 g/mol. The van der Waals surface area contributed by atoms with E-state index in [2.05, 4.69) is 43.5 Å². The molecule has 4 rings (SSSR count). The van der Waals surface area contributed by atoms with Crippen LogP contribution in [0.1, 0.15) is 17.5 Å². The lowest BCUT2D eigenvalue weighted by Crippen LogP contribution is -2.04. The van der Waals surface area contributed by atoms with Gasteiger partial charge >= 0.3 is 11.9 Å². The van der Waals surface area contributed by atoms with Crippen LogP contribution in [0.4, 0.5) is 4.39 Å². The van der Waals surface area contributed by atoms with Crippen LogP contribution < -0.4 is 4.74 Å². The van der Waals surface area contributed by atoms with Crippen LogP contribution >= 0.6 is 11.3 Å². The molecule has 4 aromatic rings. The molecule has 0 spiro atoms. The Hall–Kier alpha value is -3.77. The van der Waals surface area contributed by atoms with Crippen molar-refractivity contribution in [2.45, 2.75) is 19.8 Å². The van der Waals surface area contributed by atoms with Crippen LogP contribution in [-0.4, -0.2) is 18.5 Å². The van der Waals surface area contributed by atoms with Crippen LogP contribution in [0.3, 0.4) is 0 Å². The van der Waals surface area contributed by atoms with Gasteiger partial charge in [0, 0.05) is 27.6 Å². The molecule has 0 aliphatic carbocycles. The number of hydrogen-bond acceptors (Lipinski definition) is 5. The number of esters is 2. The number of carbonyl (C=O) groups is 2. The fourth-order valence-corrected chi connectivity index (χ4v) is 5.12. The maximum Gasteiger partial charge on any atom is 0.335 e. The highest BCUT2D eigenvalue weighted by Crippen LogP contribution is 2.42. The van der Waals surface area contributed by atoms with Gasteiger partial charge < -0.3 is 9.47 Å². The maximum absolute atomic E-state index is 15.1. The fraction of sp³-hybridized carbons (Fsp3) is 0.143. The number of fused-ring (bicyclic) bond motifs is 3. The Morgan fingerprint density at radius 2 is 1.62 bits per heavy atom. The van der Waals surface area contributed by atoms with Crippen LogP contribution in [0.15, 0.2) is 73.8 Å². The molecule has 1 aromatic heterocycles. The zero-order chi connectivity index (χ0) is 24.2. The summed E-state index contributed by atoms with van der Waals surface area (Å²) in [4.78, 5) is 22.6. The summed E-state index contributed by atoms with van der Waals surface area (Å²) in [5, 5.41) is 1.76.